The smallest absolute Gasteiger partial charge is 0.161 e. The fraction of sp³-hybridized carbons (Fsp3) is 0.200. The Labute approximate surface area is 131 Å². The van der Waals surface area contributed by atoms with Crippen LogP contribution in [-0.2, 0) is 0 Å². The van der Waals surface area contributed by atoms with Crippen LogP contribution in [0.25, 0.3) is 0 Å². The van der Waals surface area contributed by atoms with Gasteiger partial charge in [-0.3, -0.25) is 5.84 Å². The zero-order valence-corrected chi connectivity index (χ0v) is 13.0. The standard InChI is InChI=1S/C15H15IN2O2/c16-12-4-2-1-3-11(12)15(18-17)10-5-6-13-14(9-10)20-8-7-19-13/h1-6,9,15,18H,7-8,17H2. The van der Waals surface area contributed by atoms with Gasteiger partial charge in [-0.2, -0.15) is 0 Å². The number of benzene rings is 2. The largest absolute Gasteiger partial charge is 0.486 e. The zero-order valence-electron chi connectivity index (χ0n) is 10.8. The van der Waals surface area contributed by atoms with Gasteiger partial charge >= 0.3 is 0 Å². The van der Waals surface area contributed by atoms with E-state index < -0.39 is 0 Å². The van der Waals surface area contributed by atoms with E-state index in [1.54, 1.807) is 0 Å². The second-order valence-electron chi connectivity index (χ2n) is 4.52. The molecule has 0 bridgehead atoms. The van der Waals surface area contributed by atoms with Crippen molar-refractivity contribution in [3.05, 3.63) is 57.2 Å². The van der Waals surface area contributed by atoms with E-state index in [1.165, 1.54) is 3.57 Å². The van der Waals surface area contributed by atoms with Gasteiger partial charge in [0.15, 0.2) is 11.5 Å². The number of fused-ring (bicyclic) bond motifs is 1. The van der Waals surface area contributed by atoms with Crippen molar-refractivity contribution in [2.45, 2.75) is 6.04 Å². The maximum Gasteiger partial charge on any atom is 0.161 e. The lowest BCUT2D eigenvalue weighted by Gasteiger charge is -2.22. The molecular weight excluding hydrogens is 367 g/mol. The Morgan fingerprint density at radius 2 is 1.80 bits per heavy atom. The highest BCUT2D eigenvalue weighted by atomic mass is 127. The van der Waals surface area contributed by atoms with E-state index in [4.69, 9.17) is 15.3 Å². The zero-order chi connectivity index (χ0) is 13.9. The summed E-state index contributed by atoms with van der Waals surface area (Å²) in [6.07, 6.45) is 0. The summed E-state index contributed by atoms with van der Waals surface area (Å²) in [5.74, 6) is 7.32. The third-order valence-corrected chi connectivity index (χ3v) is 4.26. The summed E-state index contributed by atoms with van der Waals surface area (Å²) in [5, 5.41) is 0. The molecule has 0 saturated heterocycles. The van der Waals surface area contributed by atoms with Crippen molar-refractivity contribution in [3.8, 4) is 11.5 Å². The summed E-state index contributed by atoms with van der Waals surface area (Å²) in [4.78, 5) is 0. The van der Waals surface area contributed by atoms with Crippen LogP contribution in [0.4, 0.5) is 0 Å². The predicted octanol–water partition coefficient (Wildman–Crippen LogP) is 2.62. The first kappa shape index (κ1) is 13.7. The van der Waals surface area contributed by atoms with Crippen LogP contribution in [0.3, 0.4) is 0 Å². The van der Waals surface area contributed by atoms with Crippen LogP contribution in [0.1, 0.15) is 17.2 Å². The number of ether oxygens (including phenoxy) is 2. The minimum absolute atomic E-state index is 0.0704. The normalized spacial score (nSPS) is 14.9. The van der Waals surface area contributed by atoms with E-state index in [-0.39, 0.29) is 6.04 Å². The van der Waals surface area contributed by atoms with Gasteiger partial charge in [-0.25, -0.2) is 5.43 Å². The lowest BCUT2D eigenvalue weighted by Crippen LogP contribution is -2.29. The number of hydrogen-bond donors (Lipinski definition) is 2. The number of nitrogens with one attached hydrogen (secondary N) is 1. The van der Waals surface area contributed by atoms with Gasteiger partial charge in [-0.05, 0) is 51.9 Å². The summed E-state index contributed by atoms with van der Waals surface area (Å²) in [7, 11) is 0. The third kappa shape index (κ3) is 2.61. The maximum atomic E-state index is 5.76. The van der Waals surface area contributed by atoms with Crippen molar-refractivity contribution in [3.63, 3.8) is 0 Å². The molecule has 1 aliphatic rings. The Balaban J connectivity index is 1.99. The number of rotatable bonds is 3. The number of hydrogen-bond acceptors (Lipinski definition) is 4. The number of halogens is 1. The molecule has 5 heteroatoms. The van der Waals surface area contributed by atoms with Crippen LogP contribution < -0.4 is 20.7 Å². The fourth-order valence-electron chi connectivity index (χ4n) is 2.31. The quantitative estimate of drug-likeness (QED) is 0.487. The molecule has 0 saturated carbocycles. The van der Waals surface area contributed by atoms with E-state index in [1.807, 2.05) is 30.3 Å². The summed E-state index contributed by atoms with van der Waals surface area (Å²) in [5.41, 5.74) is 5.08. The molecule has 104 valence electrons. The van der Waals surface area contributed by atoms with Gasteiger partial charge in [0.2, 0.25) is 0 Å². The molecule has 3 rings (SSSR count). The van der Waals surface area contributed by atoms with Gasteiger partial charge in [0.05, 0.1) is 6.04 Å². The molecule has 0 aromatic heterocycles. The second kappa shape index (κ2) is 5.99. The summed E-state index contributed by atoms with van der Waals surface area (Å²) >= 11 is 2.32. The first-order valence-corrected chi connectivity index (χ1v) is 7.47. The van der Waals surface area contributed by atoms with Crippen LogP contribution in [-0.4, -0.2) is 13.2 Å². The van der Waals surface area contributed by atoms with Crippen LogP contribution in [0.5, 0.6) is 11.5 Å². The minimum atomic E-state index is -0.0704. The van der Waals surface area contributed by atoms with Crippen LogP contribution in [0.15, 0.2) is 42.5 Å². The summed E-state index contributed by atoms with van der Waals surface area (Å²) in [6.45, 7) is 1.18. The monoisotopic (exact) mass is 382 g/mol. The molecule has 0 amide bonds. The van der Waals surface area contributed by atoms with E-state index in [9.17, 15) is 0 Å². The van der Waals surface area contributed by atoms with Crippen molar-refractivity contribution >= 4 is 22.6 Å². The SMILES string of the molecule is NNC(c1ccc2c(c1)OCCO2)c1ccccc1I. The highest BCUT2D eigenvalue weighted by Gasteiger charge is 2.18. The molecule has 1 heterocycles. The average molecular weight is 382 g/mol. The Morgan fingerprint density at radius 3 is 2.55 bits per heavy atom. The molecule has 2 aromatic rings. The molecule has 2 aromatic carbocycles. The maximum absolute atomic E-state index is 5.76. The lowest BCUT2D eigenvalue weighted by molar-refractivity contribution is 0.171. The van der Waals surface area contributed by atoms with Gasteiger partial charge in [-0.1, -0.05) is 24.3 Å². The molecule has 0 radical (unpaired) electrons. The minimum Gasteiger partial charge on any atom is -0.486 e. The summed E-state index contributed by atoms with van der Waals surface area (Å²) in [6, 6.07) is 14.0. The van der Waals surface area contributed by atoms with Crippen molar-refractivity contribution in [2.75, 3.05) is 13.2 Å². The Bertz CT molecular complexity index is 619. The van der Waals surface area contributed by atoms with Gasteiger partial charge in [0.25, 0.3) is 0 Å². The van der Waals surface area contributed by atoms with Crippen LogP contribution in [0.2, 0.25) is 0 Å². The van der Waals surface area contributed by atoms with E-state index in [0.29, 0.717) is 13.2 Å². The predicted molar refractivity (Wildman–Crippen MR) is 85.8 cm³/mol. The average Bonchev–Trinajstić information content (AvgIpc) is 2.50. The first-order valence-electron chi connectivity index (χ1n) is 6.39. The summed E-state index contributed by atoms with van der Waals surface area (Å²) < 4.78 is 12.3. The number of hydrazine groups is 1. The Hall–Kier alpha value is -1.31. The highest BCUT2D eigenvalue weighted by Crippen LogP contribution is 2.34. The first-order chi connectivity index (χ1) is 9.79. The van der Waals surface area contributed by atoms with Crippen LogP contribution in [0, 0.1) is 3.57 Å². The van der Waals surface area contributed by atoms with Crippen molar-refractivity contribution in [2.24, 2.45) is 5.84 Å². The van der Waals surface area contributed by atoms with Gasteiger partial charge < -0.3 is 9.47 Å². The van der Waals surface area contributed by atoms with Gasteiger partial charge in [0.1, 0.15) is 13.2 Å². The molecule has 3 N–H and O–H groups in total. The lowest BCUT2D eigenvalue weighted by atomic mass is 9.99. The van der Waals surface area contributed by atoms with Crippen LogP contribution >= 0.6 is 22.6 Å². The van der Waals surface area contributed by atoms with Crippen molar-refractivity contribution < 1.29 is 9.47 Å². The highest BCUT2D eigenvalue weighted by molar-refractivity contribution is 14.1. The van der Waals surface area contributed by atoms with E-state index in [0.717, 1.165) is 22.6 Å². The van der Waals surface area contributed by atoms with Gasteiger partial charge in [0, 0.05) is 3.57 Å². The molecule has 0 fully saturated rings. The molecule has 1 unspecified atom stereocenters. The second-order valence-corrected chi connectivity index (χ2v) is 5.69. The number of nitrogens with two attached hydrogens (primary N) is 1. The molecule has 0 spiro atoms. The molecule has 1 atom stereocenters. The molecule has 20 heavy (non-hydrogen) atoms. The van der Waals surface area contributed by atoms with E-state index >= 15 is 0 Å². The third-order valence-electron chi connectivity index (χ3n) is 3.28. The van der Waals surface area contributed by atoms with Crippen molar-refractivity contribution in [1.82, 2.24) is 5.43 Å². The Kier molecular flexibility index (Phi) is 4.09. The fourth-order valence-corrected chi connectivity index (χ4v) is 3.01. The van der Waals surface area contributed by atoms with E-state index in [2.05, 4.69) is 40.1 Å². The Morgan fingerprint density at radius 1 is 1.05 bits per heavy atom. The van der Waals surface area contributed by atoms with Gasteiger partial charge in [-0.15, -0.1) is 0 Å². The molecule has 4 nitrogen and oxygen atoms in total. The topological polar surface area (TPSA) is 56.5 Å². The molecule has 1 aliphatic heterocycles. The molecule has 0 aliphatic carbocycles. The molecular formula is C15H15IN2O2. The van der Waals surface area contributed by atoms with Crippen molar-refractivity contribution in [1.29, 1.82) is 0 Å².